The molecule has 1 heterocycles. The van der Waals surface area contributed by atoms with Crippen LogP contribution in [-0.4, -0.2) is 22.7 Å². The number of carboxylic acids is 1. The summed E-state index contributed by atoms with van der Waals surface area (Å²) in [4.78, 5) is 15.3. The van der Waals surface area contributed by atoms with Crippen LogP contribution in [0.25, 0.3) is 10.9 Å². The number of pyridine rings is 1. The SMILES string of the molecule is O=C(O)COc1cccc(CNc2cccc(OCc3ccc4ccccc4n3)c2)c1. The zero-order valence-corrected chi connectivity index (χ0v) is 16.8. The summed E-state index contributed by atoms with van der Waals surface area (Å²) in [5.74, 6) is 0.277. The number of anilines is 1. The summed E-state index contributed by atoms with van der Waals surface area (Å²) in [5.41, 5.74) is 3.72. The molecule has 0 aliphatic heterocycles. The van der Waals surface area contributed by atoms with Gasteiger partial charge in [-0.05, 0) is 42.0 Å². The molecule has 31 heavy (non-hydrogen) atoms. The third-order valence-electron chi connectivity index (χ3n) is 4.63. The number of hydrogen-bond donors (Lipinski definition) is 2. The van der Waals surface area contributed by atoms with Gasteiger partial charge in [0.1, 0.15) is 18.1 Å². The van der Waals surface area contributed by atoms with E-state index in [1.54, 1.807) is 6.07 Å². The number of carbonyl (C=O) groups is 1. The quantitative estimate of drug-likeness (QED) is 0.406. The Morgan fingerprint density at radius 1 is 0.871 bits per heavy atom. The number of para-hydroxylation sites is 1. The summed E-state index contributed by atoms with van der Waals surface area (Å²) in [5, 5.41) is 13.2. The van der Waals surface area contributed by atoms with E-state index < -0.39 is 5.97 Å². The summed E-state index contributed by atoms with van der Waals surface area (Å²) in [7, 11) is 0. The Hall–Kier alpha value is -4.06. The Balaban J connectivity index is 1.35. The Morgan fingerprint density at radius 3 is 2.55 bits per heavy atom. The predicted octanol–water partition coefficient (Wildman–Crippen LogP) is 4.89. The number of benzene rings is 3. The molecule has 0 saturated heterocycles. The number of carboxylic acid groups (broad SMARTS) is 1. The predicted molar refractivity (Wildman–Crippen MR) is 119 cm³/mol. The average molecular weight is 414 g/mol. The molecule has 2 N–H and O–H groups in total. The number of nitrogens with one attached hydrogen (secondary N) is 1. The highest BCUT2D eigenvalue weighted by atomic mass is 16.5. The van der Waals surface area contributed by atoms with Crippen molar-refractivity contribution in [3.63, 3.8) is 0 Å². The highest BCUT2D eigenvalue weighted by molar-refractivity contribution is 5.78. The summed E-state index contributed by atoms with van der Waals surface area (Å²) in [6.45, 7) is 0.597. The monoisotopic (exact) mass is 414 g/mol. The van der Waals surface area contributed by atoms with Gasteiger partial charge < -0.3 is 19.9 Å². The van der Waals surface area contributed by atoms with Crippen molar-refractivity contribution in [3.05, 3.63) is 96.2 Å². The second-order valence-electron chi connectivity index (χ2n) is 7.00. The number of aliphatic carboxylic acids is 1. The molecule has 3 aromatic carbocycles. The van der Waals surface area contributed by atoms with Crippen LogP contribution in [0, 0.1) is 0 Å². The maximum atomic E-state index is 10.6. The Morgan fingerprint density at radius 2 is 1.68 bits per heavy atom. The molecule has 4 rings (SSSR count). The molecule has 4 aromatic rings. The minimum absolute atomic E-state index is 0.359. The first-order chi connectivity index (χ1) is 15.2. The number of aromatic nitrogens is 1. The second-order valence-corrected chi connectivity index (χ2v) is 7.00. The summed E-state index contributed by atoms with van der Waals surface area (Å²) in [6.07, 6.45) is 0. The van der Waals surface area contributed by atoms with E-state index in [4.69, 9.17) is 14.6 Å². The van der Waals surface area contributed by atoms with Gasteiger partial charge in [-0.3, -0.25) is 0 Å². The van der Waals surface area contributed by atoms with Crippen LogP contribution < -0.4 is 14.8 Å². The van der Waals surface area contributed by atoms with Gasteiger partial charge in [0, 0.05) is 23.7 Å². The maximum absolute atomic E-state index is 10.6. The molecule has 0 unspecified atom stereocenters. The molecule has 6 heteroatoms. The largest absolute Gasteiger partial charge is 0.487 e. The molecule has 0 spiro atoms. The van der Waals surface area contributed by atoms with Crippen LogP contribution in [0.4, 0.5) is 5.69 Å². The first kappa shape index (κ1) is 20.2. The van der Waals surface area contributed by atoms with E-state index in [-0.39, 0.29) is 6.61 Å². The van der Waals surface area contributed by atoms with Gasteiger partial charge in [-0.2, -0.15) is 0 Å². The molecule has 0 aliphatic carbocycles. The third-order valence-corrected chi connectivity index (χ3v) is 4.63. The van der Waals surface area contributed by atoms with Gasteiger partial charge in [0.2, 0.25) is 0 Å². The van der Waals surface area contributed by atoms with Crippen LogP contribution in [0.5, 0.6) is 11.5 Å². The normalized spacial score (nSPS) is 10.6. The fourth-order valence-electron chi connectivity index (χ4n) is 3.14. The number of nitrogens with zero attached hydrogens (tertiary/aromatic N) is 1. The lowest BCUT2D eigenvalue weighted by Gasteiger charge is -2.11. The van der Waals surface area contributed by atoms with E-state index in [0.29, 0.717) is 18.9 Å². The molecular formula is C25H22N2O4. The summed E-state index contributed by atoms with van der Waals surface area (Å²) < 4.78 is 11.2. The number of rotatable bonds is 9. The Bertz CT molecular complexity index is 1190. The first-order valence-corrected chi connectivity index (χ1v) is 9.91. The fraction of sp³-hybridized carbons (Fsp3) is 0.120. The van der Waals surface area contributed by atoms with Crippen molar-refractivity contribution >= 4 is 22.6 Å². The van der Waals surface area contributed by atoms with Crippen LogP contribution in [0.1, 0.15) is 11.3 Å². The lowest BCUT2D eigenvalue weighted by atomic mass is 10.2. The molecule has 0 amide bonds. The molecule has 1 aromatic heterocycles. The molecule has 156 valence electrons. The van der Waals surface area contributed by atoms with Crippen LogP contribution in [0.2, 0.25) is 0 Å². The number of hydrogen-bond acceptors (Lipinski definition) is 5. The molecule has 0 aliphatic rings. The van der Waals surface area contributed by atoms with Gasteiger partial charge in [-0.15, -0.1) is 0 Å². The van der Waals surface area contributed by atoms with Crippen molar-refractivity contribution in [1.82, 2.24) is 4.98 Å². The number of fused-ring (bicyclic) bond motifs is 1. The standard InChI is InChI=1S/C25H22N2O4/c28-25(29)17-31-22-8-3-5-18(13-22)15-26-20-7-4-9-23(14-20)30-16-21-12-11-19-6-1-2-10-24(19)27-21/h1-14,26H,15-17H2,(H,28,29). The van der Waals surface area contributed by atoms with E-state index >= 15 is 0 Å². The molecular weight excluding hydrogens is 392 g/mol. The van der Waals surface area contributed by atoms with Crippen molar-refractivity contribution in [2.45, 2.75) is 13.2 Å². The smallest absolute Gasteiger partial charge is 0.341 e. The van der Waals surface area contributed by atoms with E-state index in [0.717, 1.165) is 33.6 Å². The van der Waals surface area contributed by atoms with Gasteiger partial charge in [-0.1, -0.05) is 42.5 Å². The average Bonchev–Trinajstić information content (AvgIpc) is 2.80. The molecule has 0 saturated carbocycles. The van der Waals surface area contributed by atoms with E-state index in [9.17, 15) is 4.79 Å². The molecule has 0 atom stereocenters. The van der Waals surface area contributed by atoms with Gasteiger partial charge in [0.15, 0.2) is 6.61 Å². The van der Waals surface area contributed by atoms with Gasteiger partial charge in [-0.25, -0.2) is 9.78 Å². The lowest BCUT2D eigenvalue weighted by molar-refractivity contribution is -0.139. The lowest BCUT2D eigenvalue weighted by Crippen LogP contribution is -2.09. The van der Waals surface area contributed by atoms with Gasteiger partial charge in [0.25, 0.3) is 0 Å². The molecule has 0 bridgehead atoms. The summed E-state index contributed by atoms with van der Waals surface area (Å²) >= 11 is 0. The van der Waals surface area contributed by atoms with Crippen molar-refractivity contribution in [1.29, 1.82) is 0 Å². The Labute approximate surface area is 180 Å². The topological polar surface area (TPSA) is 80.7 Å². The molecule has 6 nitrogen and oxygen atoms in total. The van der Waals surface area contributed by atoms with Crippen LogP contribution >= 0.6 is 0 Å². The van der Waals surface area contributed by atoms with E-state index in [1.165, 1.54) is 0 Å². The second kappa shape index (κ2) is 9.63. The van der Waals surface area contributed by atoms with Gasteiger partial charge >= 0.3 is 5.97 Å². The van der Waals surface area contributed by atoms with Gasteiger partial charge in [0.05, 0.1) is 11.2 Å². The summed E-state index contributed by atoms with van der Waals surface area (Å²) in [6, 6.07) is 27.1. The fourth-order valence-corrected chi connectivity index (χ4v) is 3.14. The van der Waals surface area contributed by atoms with Crippen molar-refractivity contribution in [3.8, 4) is 11.5 Å². The van der Waals surface area contributed by atoms with E-state index in [2.05, 4.69) is 10.3 Å². The van der Waals surface area contributed by atoms with Crippen molar-refractivity contribution < 1.29 is 19.4 Å². The van der Waals surface area contributed by atoms with E-state index in [1.807, 2.05) is 78.9 Å². The van der Waals surface area contributed by atoms with Crippen LogP contribution in [0.15, 0.2) is 84.9 Å². The first-order valence-electron chi connectivity index (χ1n) is 9.91. The Kier molecular flexibility index (Phi) is 6.28. The molecule has 0 radical (unpaired) electrons. The van der Waals surface area contributed by atoms with Crippen LogP contribution in [0.3, 0.4) is 0 Å². The molecule has 0 fully saturated rings. The van der Waals surface area contributed by atoms with Crippen molar-refractivity contribution in [2.75, 3.05) is 11.9 Å². The maximum Gasteiger partial charge on any atom is 0.341 e. The highest BCUT2D eigenvalue weighted by Gasteiger charge is 2.03. The minimum Gasteiger partial charge on any atom is -0.487 e. The zero-order chi connectivity index (χ0) is 21.5. The highest BCUT2D eigenvalue weighted by Crippen LogP contribution is 2.21. The minimum atomic E-state index is -1.00. The van der Waals surface area contributed by atoms with Crippen molar-refractivity contribution in [2.24, 2.45) is 0 Å². The zero-order valence-electron chi connectivity index (χ0n) is 16.8. The third kappa shape index (κ3) is 5.73. The van der Waals surface area contributed by atoms with Crippen LogP contribution in [-0.2, 0) is 17.9 Å². The number of ether oxygens (including phenoxy) is 2.